The van der Waals surface area contributed by atoms with Crippen molar-refractivity contribution in [2.24, 2.45) is 0 Å². The molecular weight excluding hydrogens is 284 g/mol. The van der Waals surface area contributed by atoms with Gasteiger partial charge in [0.15, 0.2) is 0 Å². The van der Waals surface area contributed by atoms with E-state index in [4.69, 9.17) is 0 Å². The number of carbonyl (C=O) groups excluding carboxylic acids is 2. The molecular formula is C15H18N4O3. The van der Waals surface area contributed by atoms with Crippen LogP contribution in [0.2, 0.25) is 0 Å². The Kier molecular flexibility index (Phi) is 5.13. The van der Waals surface area contributed by atoms with Gasteiger partial charge in [-0.05, 0) is 18.6 Å². The van der Waals surface area contributed by atoms with Gasteiger partial charge in [-0.15, -0.1) is 0 Å². The largest absolute Gasteiger partial charge is 0.453 e. The number of benzene rings is 1. The maximum Gasteiger partial charge on any atom is 0.407 e. The monoisotopic (exact) mass is 302 g/mol. The Morgan fingerprint density at radius 2 is 2.14 bits per heavy atom. The molecule has 1 heterocycles. The minimum atomic E-state index is -0.673. The minimum Gasteiger partial charge on any atom is -0.453 e. The molecule has 7 heteroatoms. The molecule has 0 aliphatic carbocycles. The van der Waals surface area contributed by atoms with Crippen molar-refractivity contribution >= 4 is 12.0 Å². The van der Waals surface area contributed by atoms with E-state index in [1.165, 1.54) is 7.11 Å². The molecule has 0 aliphatic heterocycles. The lowest BCUT2D eigenvalue weighted by Gasteiger charge is -2.15. The summed E-state index contributed by atoms with van der Waals surface area (Å²) < 4.78 is 6.33. The number of nitrogens with zero attached hydrogens (tertiary/aromatic N) is 2. The second kappa shape index (κ2) is 7.26. The van der Waals surface area contributed by atoms with Crippen molar-refractivity contribution in [2.45, 2.75) is 19.5 Å². The third-order valence-corrected chi connectivity index (χ3v) is 3.14. The Hall–Kier alpha value is -2.83. The van der Waals surface area contributed by atoms with Crippen molar-refractivity contribution in [3.05, 3.63) is 48.5 Å². The molecule has 0 fully saturated rings. The second-order valence-corrected chi connectivity index (χ2v) is 4.67. The number of methoxy groups -OCH3 is 1. The molecule has 0 spiro atoms. The Balaban J connectivity index is 2.00. The van der Waals surface area contributed by atoms with Crippen molar-refractivity contribution in [2.75, 3.05) is 7.11 Å². The van der Waals surface area contributed by atoms with Crippen LogP contribution in [0.3, 0.4) is 0 Å². The fourth-order valence-electron chi connectivity index (χ4n) is 1.95. The quantitative estimate of drug-likeness (QED) is 0.870. The van der Waals surface area contributed by atoms with Crippen molar-refractivity contribution in [1.29, 1.82) is 0 Å². The number of imidazole rings is 1. The molecule has 1 aromatic carbocycles. The van der Waals surface area contributed by atoms with Crippen LogP contribution < -0.4 is 10.6 Å². The molecule has 7 nitrogen and oxygen atoms in total. The van der Waals surface area contributed by atoms with Crippen LogP contribution in [0.5, 0.6) is 0 Å². The van der Waals surface area contributed by atoms with E-state index in [2.05, 4.69) is 20.4 Å². The molecule has 2 aromatic rings. The second-order valence-electron chi connectivity index (χ2n) is 4.67. The molecule has 2 rings (SSSR count). The lowest BCUT2D eigenvalue weighted by Crippen LogP contribution is -2.44. The first-order valence-electron chi connectivity index (χ1n) is 6.80. The van der Waals surface area contributed by atoms with Gasteiger partial charge >= 0.3 is 6.09 Å². The lowest BCUT2D eigenvalue weighted by atomic mass is 10.1. The van der Waals surface area contributed by atoms with Crippen LogP contribution in [0.4, 0.5) is 4.79 Å². The number of para-hydroxylation sites is 1. The van der Waals surface area contributed by atoms with Crippen molar-refractivity contribution < 1.29 is 14.3 Å². The van der Waals surface area contributed by atoms with Crippen LogP contribution in [-0.2, 0) is 16.1 Å². The van der Waals surface area contributed by atoms with Crippen LogP contribution in [-0.4, -0.2) is 34.7 Å². The molecule has 1 atom stereocenters. The maximum absolute atomic E-state index is 12.0. The third kappa shape index (κ3) is 3.85. The number of aromatic nitrogens is 2. The van der Waals surface area contributed by atoms with Gasteiger partial charge in [0.2, 0.25) is 5.91 Å². The number of amides is 2. The summed E-state index contributed by atoms with van der Waals surface area (Å²) in [6.45, 7) is 1.94. The van der Waals surface area contributed by atoms with Gasteiger partial charge in [0.25, 0.3) is 0 Å². The van der Waals surface area contributed by atoms with E-state index >= 15 is 0 Å². The van der Waals surface area contributed by atoms with Gasteiger partial charge in [-0.1, -0.05) is 18.2 Å². The Morgan fingerprint density at radius 1 is 1.36 bits per heavy atom. The summed E-state index contributed by atoms with van der Waals surface area (Å²) in [5.41, 5.74) is 1.88. The van der Waals surface area contributed by atoms with E-state index in [9.17, 15) is 9.59 Å². The molecule has 2 amide bonds. The van der Waals surface area contributed by atoms with Gasteiger partial charge in [-0.3, -0.25) is 4.79 Å². The average molecular weight is 302 g/mol. The fourth-order valence-corrected chi connectivity index (χ4v) is 1.95. The molecule has 0 aliphatic rings. The topological polar surface area (TPSA) is 85.2 Å². The normalized spacial score (nSPS) is 11.5. The number of alkyl carbamates (subject to hydrolysis) is 1. The van der Waals surface area contributed by atoms with Crippen molar-refractivity contribution in [1.82, 2.24) is 20.2 Å². The zero-order chi connectivity index (χ0) is 15.9. The predicted octanol–water partition coefficient (Wildman–Crippen LogP) is 1.23. The first kappa shape index (κ1) is 15.6. The van der Waals surface area contributed by atoms with E-state index in [1.54, 1.807) is 19.4 Å². The van der Waals surface area contributed by atoms with E-state index < -0.39 is 12.1 Å². The average Bonchev–Trinajstić information content (AvgIpc) is 3.06. The molecule has 0 radical (unpaired) electrons. The number of carbonyl (C=O) groups is 2. The molecule has 0 saturated carbocycles. The first-order chi connectivity index (χ1) is 10.6. The summed E-state index contributed by atoms with van der Waals surface area (Å²) in [5.74, 6) is -0.286. The zero-order valence-electron chi connectivity index (χ0n) is 12.4. The Morgan fingerprint density at radius 3 is 2.82 bits per heavy atom. The van der Waals surface area contributed by atoms with E-state index in [1.807, 2.05) is 35.0 Å². The highest BCUT2D eigenvalue weighted by Gasteiger charge is 2.15. The Bertz CT molecular complexity index is 640. The molecule has 0 unspecified atom stereocenters. The highest BCUT2D eigenvalue weighted by molar-refractivity contribution is 5.85. The number of ether oxygens (including phenoxy) is 1. The summed E-state index contributed by atoms with van der Waals surface area (Å²) in [7, 11) is 1.25. The third-order valence-electron chi connectivity index (χ3n) is 3.14. The van der Waals surface area contributed by atoms with Gasteiger partial charge in [0.1, 0.15) is 6.04 Å². The molecule has 0 saturated heterocycles. The van der Waals surface area contributed by atoms with Gasteiger partial charge in [0.05, 0.1) is 19.1 Å². The molecule has 2 N–H and O–H groups in total. The maximum atomic E-state index is 12.0. The van der Waals surface area contributed by atoms with Crippen LogP contribution in [0, 0.1) is 0 Å². The van der Waals surface area contributed by atoms with E-state index in [0.717, 1.165) is 11.3 Å². The smallest absolute Gasteiger partial charge is 0.407 e. The summed E-state index contributed by atoms with van der Waals surface area (Å²) in [6, 6.07) is 7.01. The van der Waals surface area contributed by atoms with Gasteiger partial charge < -0.3 is 19.9 Å². The van der Waals surface area contributed by atoms with Crippen LogP contribution >= 0.6 is 0 Å². The SMILES string of the molecule is COC(=O)N[C@H](C)C(=O)NCc1ccccc1-n1ccnc1. The number of rotatable bonds is 5. The highest BCUT2D eigenvalue weighted by Crippen LogP contribution is 2.13. The Labute approximate surface area is 128 Å². The summed E-state index contributed by atoms with van der Waals surface area (Å²) in [4.78, 5) is 27.1. The number of nitrogens with one attached hydrogen (secondary N) is 2. The predicted molar refractivity (Wildman–Crippen MR) is 80.4 cm³/mol. The standard InChI is InChI=1S/C15H18N4O3/c1-11(18-15(21)22-2)14(20)17-9-12-5-3-4-6-13(12)19-8-7-16-10-19/h3-8,10-11H,9H2,1-2H3,(H,17,20)(H,18,21)/t11-/m1/s1. The van der Waals surface area contributed by atoms with Gasteiger partial charge in [-0.2, -0.15) is 0 Å². The summed E-state index contributed by atoms with van der Waals surface area (Å²) >= 11 is 0. The molecule has 116 valence electrons. The van der Waals surface area contributed by atoms with Crippen LogP contribution in [0.15, 0.2) is 43.0 Å². The summed E-state index contributed by atoms with van der Waals surface area (Å²) in [5, 5.41) is 5.21. The molecule has 22 heavy (non-hydrogen) atoms. The van der Waals surface area contributed by atoms with E-state index in [-0.39, 0.29) is 5.91 Å². The van der Waals surface area contributed by atoms with Crippen molar-refractivity contribution in [3.8, 4) is 5.69 Å². The van der Waals surface area contributed by atoms with Gasteiger partial charge in [0, 0.05) is 18.9 Å². The van der Waals surface area contributed by atoms with Crippen LogP contribution in [0.1, 0.15) is 12.5 Å². The fraction of sp³-hybridized carbons (Fsp3) is 0.267. The number of hydrogen-bond acceptors (Lipinski definition) is 4. The molecule has 0 bridgehead atoms. The van der Waals surface area contributed by atoms with Crippen LogP contribution in [0.25, 0.3) is 5.69 Å². The van der Waals surface area contributed by atoms with Gasteiger partial charge in [-0.25, -0.2) is 9.78 Å². The lowest BCUT2D eigenvalue weighted by molar-refractivity contribution is -0.122. The zero-order valence-corrected chi connectivity index (χ0v) is 12.4. The number of hydrogen-bond donors (Lipinski definition) is 2. The molecule has 1 aromatic heterocycles. The minimum absolute atomic E-state index is 0.286. The van der Waals surface area contributed by atoms with Crippen molar-refractivity contribution in [3.63, 3.8) is 0 Å². The first-order valence-corrected chi connectivity index (χ1v) is 6.80. The summed E-state index contributed by atoms with van der Waals surface area (Å²) in [6.07, 6.45) is 4.59. The highest BCUT2D eigenvalue weighted by atomic mass is 16.5. The van der Waals surface area contributed by atoms with E-state index in [0.29, 0.717) is 6.54 Å².